The summed E-state index contributed by atoms with van der Waals surface area (Å²) in [5.74, 6) is 0.969. The lowest BCUT2D eigenvalue weighted by molar-refractivity contribution is -0.0177. The van der Waals surface area contributed by atoms with Crippen molar-refractivity contribution in [3.8, 4) is 6.07 Å². The van der Waals surface area contributed by atoms with Crippen LogP contribution in [0.25, 0.3) is 0 Å². The number of hydrogen-bond donors (Lipinski definition) is 1. The average Bonchev–Trinajstić information content (AvgIpc) is 3.14. The Morgan fingerprint density at radius 3 is 3.24 bits per heavy atom. The third-order valence-electron chi connectivity index (χ3n) is 3.76. The van der Waals surface area contributed by atoms with E-state index in [1.807, 2.05) is 35.5 Å². The molecule has 1 fully saturated rings. The molecule has 3 heterocycles. The minimum atomic E-state index is -0.00542. The Labute approximate surface area is 128 Å². The summed E-state index contributed by atoms with van der Waals surface area (Å²) in [7, 11) is 2.00. The zero-order valence-corrected chi connectivity index (χ0v) is 12.8. The van der Waals surface area contributed by atoms with E-state index in [9.17, 15) is 0 Å². The number of aromatic nitrogens is 2. The van der Waals surface area contributed by atoms with Gasteiger partial charge in [-0.1, -0.05) is 0 Å². The monoisotopic (exact) mass is 302 g/mol. The summed E-state index contributed by atoms with van der Waals surface area (Å²) in [4.78, 5) is 5.60. The van der Waals surface area contributed by atoms with Crippen molar-refractivity contribution in [1.29, 1.82) is 5.26 Å². The van der Waals surface area contributed by atoms with E-state index in [4.69, 9.17) is 10.00 Å². The largest absolute Gasteiger partial charge is 0.369 e. The van der Waals surface area contributed by atoms with E-state index in [-0.39, 0.29) is 12.1 Å². The highest BCUT2D eigenvalue weighted by atomic mass is 32.1. The fraction of sp³-hybridized carbons (Fsp3) is 0.467. The minimum absolute atomic E-state index is 0.00542. The predicted octanol–water partition coefficient (Wildman–Crippen LogP) is 2.36. The third kappa shape index (κ3) is 3.16. The van der Waals surface area contributed by atoms with Gasteiger partial charge in [-0.05, 0) is 18.9 Å². The number of hydrogen-bond acceptors (Lipinski definition) is 5. The molecule has 0 bridgehead atoms. The quantitative estimate of drug-likeness (QED) is 0.942. The van der Waals surface area contributed by atoms with Crippen molar-refractivity contribution in [2.75, 3.05) is 6.61 Å². The SMILES string of the molecule is Cn1ccnc1[C@H]1OCCC[C@@H]1NCc1cc(C#N)cs1. The van der Waals surface area contributed by atoms with Crippen molar-refractivity contribution in [2.24, 2.45) is 7.05 Å². The topological polar surface area (TPSA) is 62.9 Å². The van der Waals surface area contributed by atoms with E-state index in [0.717, 1.165) is 37.4 Å². The Hall–Kier alpha value is -1.68. The van der Waals surface area contributed by atoms with Gasteiger partial charge in [0.05, 0.1) is 5.56 Å². The smallest absolute Gasteiger partial charge is 0.139 e. The molecule has 2 atom stereocenters. The molecule has 110 valence electrons. The van der Waals surface area contributed by atoms with E-state index in [2.05, 4.69) is 16.4 Å². The first kappa shape index (κ1) is 14.3. The molecule has 6 heteroatoms. The number of aryl methyl sites for hydroxylation is 1. The second kappa shape index (κ2) is 6.39. The van der Waals surface area contributed by atoms with Gasteiger partial charge < -0.3 is 14.6 Å². The lowest BCUT2D eigenvalue weighted by Crippen LogP contribution is -2.40. The molecule has 5 nitrogen and oxygen atoms in total. The van der Waals surface area contributed by atoms with Crippen molar-refractivity contribution in [3.05, 3.63) is 40.1 Å². The maximum absolute atomic E-state index is 8.87. The molecule has 0 unspecified atom stereocenters. The fourth-order valence-corrected chi connectivity index (χ4v) is 3.42. The van der Waals surface area contributed by atoms with E-state index in [1.54, 1.807) is 11.3 Å². The average molecular weight is 302 g/mol. The first-order valence-corrected chi connectivity index (χ1v) is 7.95. The minimum Gasteiger partial charge on any atom is -0.369 e. The molecule has 0 aliphatic carbocycles. The molecule has 21 heavy (non-hydrogen) atoms. The molecule has 1 aliphatic heterocycles. The van der Waals surface area contributed by atoms with Gasteiger partial charge in [0.1, 0.15) is 18.0 Å². The molecule has 2 aromatic heterocycles. The van der Waals surface area contributed by atoms with Crippen LogP contribution >= 0.6 is 11.3 Å². The number of thiophene rings is 1. The number of imidazole rings is 1. The molecular weight excluding hydrogens is 284 g/mol. The number of nitriles is 1. The molecule has 2 aromatic rings. The molecule has 0 amide bonds. The van der Waals surface area contributed by atoms with Gasteiger partial charge in [0.15, 0.2) is 0 Å². The van der Waals surface area contributed by atoms with Gasteiger partial charge in [-0.15, -0.1) is 11.3 Å². The second-order valence-corrected chi connectivity index (χ2v) is 6.23. The van der Waals surface area contributed by atoms with Crippen molar-refractivity contribution < 1.29 is 4.74 Å². The van der Waals surface area contributed by atoms with Gasteiger partial charge >= 0.3 is 0 Å². The van der Waals surface area contributed by atoms with Crippen molar-refractivity contribution >= 4 is 11.3 Å². The Balaban J connectivity index is 1.67. The van der Waals surface area contributed by atoms with Gasteiger partial charge in [-0.3, -0.25) is 0 Å². The lowest BCUT2D eigenvalue weighted by atomic mass is 10.0. The van der Waals surface area contributed by atoms with Gasteiger partial charge in [-0.25, -0.2) is 4.98 Å². The summed E-state index contributed by atoms with van der Waals surface area (Å²) in [5, 5.41) is 14.3. The van der Waals surface area contributed by atoms with Crippen LogP contribution in [0.5, 0.6) is 0 Å². The zero-order valence-electron chi connectivity index (χ0n) is 12.0. The van der Waals surface area contributed by atoms with E-state index < -0.39 is 0 Å². The normalized spacial score (nSPS) is 22.1. The van der Waals surface area contributed by atoms with Crippen molar-refractivity contribution in [2.45, 2.75) is 31.5 Å². The van der Waals surface area contributed by atoms with Crippen LogP contribution in [-0.4, -0.2) is 22.2 Å². The lowest BCUT2D eigenvalue weighted by Gasteiger charge is -2.32. The summed E-state index contributed by atoms with van der Waals surface area (Å²) in [6.45, 7) is 1.55. The number of nitrogens with zero attached hydrogens (tertiary/aromatic N) is 3. The fourth-order valence-electron chi connectivity index (χ4n) is 2.66. The standard InChI is InChI=1S/C15H18N4OS/c1-19-5-4-17-15(19)14-13(3-2-6-20-14)18-9-12-7-11(8-16)10-21-12/h4-5,7,10,13-14,18H,2-3,6,9H2,1H3/t13-,14-/m0/s1. The molecule has 1 N–H and O–H groups in total. The number of ether oxygens (including phenoxy) is 1. The molecule has 1 saturated heterocycles. The van der Waals surface area contributed by atoms with E-state index in [1.165, 1.54) is 4.88 Å². The number of rotatable bonds is 4. The summed E-state index contributed by atoms with van der Waals surface area (Å²) in [5.41, 5.74) is 0.734. The second-order valence-electron chi connectivity index (χ2n) is 5.23. The first-order chi connectivity index (χ1) is 10.3. The van der Waals surface area contributed by atoms with Crippen molar-refractivity contribution in [3.63, 3.8) is 0 Å². The van der Waals surface area contributed by atoms with Crippen LogP contribution in [0, 0.1) is 11.3 Å². The van der Waals surface area contributed by atoms with Crippen LogP contribution < -0.4 is 5.32 Å². The van der Waals surface area contributed by atoms with Crippen LogP contribution in [-0.2, 0) is 18.3 Å². The van der Waals surface area contributed by atoms with Gasteiger partial charge in [0.2, 0.25) is 0 Å². The zero-order chi connectivity index (χ0) is 14.7. The first-order valence-electron chi connectivity index (χ1n) is 7.07. The van der Waals surface area contributed by atoms with Gasteiger partial charge in [0, 0.05) is 48.9 Å². The Kier molecular flexibility index (Phi) is 4.34. The molecule has 0 radical (unpaired) electrons. The van der Waals surface area contributed by atoms with Gasteiger partial charge in [-0.2, -0.15) is 5.26 Å². The highest BCUT2D eigenvalue weighted by Gasteiger charge is 2.29. The van der Waals surface area contributed by atoms with Crippen LogP contribution in [0.1, 0.15) is 35.2 Å². The summed E-state index contributed by atoms with van der Waals surface area (Å²) >= 11 is 1.62. The highest BCUT2D eigenvalue weighted by molar-refractivity contribution is 7.10. The molecule has 0 aromatic carbocycles. The van der Waals surface area contributed by atoms with Crippen LogP contribution in [0.2, 0.25) is 0 Å². The van der Waals surface area contributed by atoms with Crippen LogP contribution in [0.3, 0.4) is 0 Å². The summed E-state index contributed by atoms with van der Waals surface area (Å²) in [6.07, 6.45) is 5.89. The molecular formula is C15H18N4OS. The Morgan fingerprint density at radius 1 is 1.62 bits per heavy atom. The predicted molar refractivity (Wildman–Crippen MR) is 80.8 cm³/mol. The maximum Gasteiger partial charge on any atom is 0.139 e. The van der Waals surface area contributed by atoms with Gasteiger partial charge in [0.25, 0.3) is 0 Å². The van der Waals surface area contributed by atoms with Crippen LogP contribution in [0.15, 0.2) is 23.8 Å². The maximum atomic E-state index is 8.87. The molecule has 0 saturated carbocycles. The molecule has 3 rings (SSSR count). The Bertz CT molecular complexity index is 642. The Morgan fingerprint density at radius 2 is 2.52 bits per heavy atom. The third-order valence-corrected chi connectivity index (χ3v) is 4.69. The van der Waals surface area contributed by atoms with E-state index >= 15 is 0 Å². The summed E-state index contributed by atoms with van der Waals surface area (Å²) < 4.78 is 7.95. The summed E-state index contributed by atoms with van der Waals surface area (Å²) in [6, 6.07) is 4.37. The van der Waals surface area contributed by atoms with Crippen molar-refractivity contribution in [1.82, 2.24) is 14.9 Å². The van der Waals surface area contributed by atoms with E-state index in [0.29, 0.717) is 0 Å². The molecule has 1 aliphatic rings. The number of nitrogens with one attached hydrogen (secondary N) is 1. The van der Waals surface area contributed by atoms with Crippen LogP contribution in [0.4, 0.5) is 0 Å². The highest BCUT2D eigenvalue weighted by Crippen LogP contribution is 2.27. The molecule has 0 spiro atoms.